The number of halogens is 1. The molecule has 168 valence electrons. The van der Waals surface area contributed by atoms with Crippen LogP contribution in [0.2, 0.25) is 5.02 Å². The quantitative estimate of drug-likeness (QED) is 0.398. The van der Waals surface area contributed by atoms with Crippen LogP contribution in [-0.2, 0) is 11.2 Å². The fraction of sp³-hybridized carbons (Fsp3) is 0.304. The summed E-state index contributed by atoms with van der Waals surface area (Å²) in [5.74, 6) is -0.423. The first-order valence-corrected chi connectivity index (χ1v) is 11.7. The predicted octanol–water partition coefficient (Wildman–Crippen LogP) is 5.60. The van der Waals surface area contributed by atoms with Crippen molar-refractivity contribution < 1.29 is 9.59 Å². The van der Waals surface area contributed by atoms with Gasteiger partial charge in [0.2, 0.25) is 11.0 Å². The van der Waals surface area contributed by atoms with Gasteiger partial charge in [-0.3, -0.25) is 10.1 Å². The maximum absolute atomic E-state index is 13.0. The van der Waals surface area contributed by atoms with E-state index in [0.717, 1.165) is 17.5 Å². The monoisotopic (exact) mass is 471 g/mol. The fourth-order valence-electron chi connectivity index (χ4n) is 3.07. The Bertz CT molecular complexity index is 1090. The molecule has 2 atom stereocenters. The molecule has 1 aromatic heterocycles. The number of aromatic nitrogens is 2. The molecule has 0 spiro atoms. The smallest absolute Gasteiger partial charge is 0.319 e. The molecule has 32 heavy (non-hydrogen) atoms. The minimum absolute atomic E-state index is 0.0805. The molecule has 0 aliphatic heterocycles. The summed E-state index contributed by atoms with van der Waals surface area (Å²) in [5.41, 5.74) is 2.62. The zero-order chi connectivity index (χ0) is 23.1. The van der Waals surface area contributed by atoms with Crippen molar-refractivity contribution in [2.45, 2.75) is 39.7 Å². The molecule has 0 saturated heterocycles. The second kappa shape index (κ2) is 11.1. The van der Waals surface area contributed by atoms with Gasteiger partial charge in [0.05, 0.1) is 0 Å². The van der Waals surface area contributed by atoms with Gasteiger partial charge in [0, 0.05) is 16.3 Å². The van der Waals surface area contributed by atoms with Crippen LogP contribution in [0.15, 0.2) is 48.5 Å². The van der Waals surface area contributed by atoms with Gasteiger partial charge in [-0.25, -0.2) is 4.79 Å². The number of hydrogen-bond donors (Lipinski definition) is 3. The lowest BCUT2D eigenvalue weighted by Crippen LogP contribution is -2.49. The van der Waals surface area contributed by atoms with Crippen molar-refractivity contribution in [2.24, 2.45) is 5.92 Å². The van der Waals surface area contributed by atoms with Gasteiger partial charge >= 0.3 is 6.03 Å². The maximum atomic E-state index is 13.0. The zero-order valence-electron chi connectivity index (χ0n) is 18.2. The average molecular weight is 472 g/mol. The summed E-state index contributed by atoms with van der Waals surface area (Å²) in [5, 5.41) is 18.2. The lowest BCUT2D eigenvalue weighted by atomic mass is 9.98. The van der Waals surface area contributed by atoms with Gasteiger partial charge in [0.25, 0.3) is 0 Å². The summed E-state index contributed by atoms with van der Waals surface area (Å²) < 4.78 is 0. The lowest BCUT2D eigenvalue weighted by Gasteiger charge is -2.23. The lowest BCUT2D eigenvalue weighted by molar-refractivity contribution is -0.119. The minimum atomic E-state index is -0.729. The third kappa shape index (κ3) is 6.27. The Kier molecular flexibility index (Phi) is 8.19. The molecule has 0 unspecified atom stereocenters. The molecule has 9 heteroatoms. The van der Waals surface area contributed by atoms with Gasteiger partial charge in [-0.2, -0.15) is 0 Å². The van der Waals surface area contributed by atoms with Crippen molar-refractivity contribution in [3.05, 3.63) is 59.1 Å². The summed E-state index contributed by atoms with van der Waals surface area (Å²) in [4.78, 5) is 25.5. The van der Waals surface area contributed by atoms with Crippen LogP contribution in [0.1, 0.15) is 32.8 Å². The minimum Gasteiger partial charge on any atom is -0.326 e. The van der Waals surface area contributed by atoms with E-state index in [1.807, 2.05) is 57.2 Å². The third-order valence-electron chi connectivity index (χ3n) is 5.10. The largest absolute Gasteiger partial charge is 0.326 e. The molecule has 1 heterocycles. The molecule has 2 aromatic carbocycles. The van der Waals surface area contributed by atoms with Gasteiger partial charge in [-0.15, -0.1) is 10.2 Å². The molecule has 3 rings (SSSR count). The second-order valence-electron chi connectivity index (χ2n) is 7.43. The van der Waals surface area contributed by atoms with E-state index in [0.29, 0.717) is 27.3 Å². The number of hydrogen-bond acceptors (Lipinski definition) is 5. The van der Waals surface area contributed by atoms with Crippen LogP contribution in [0.5, 0.6) is 0 Å². The van der Waals surface area contributed by atoms with E-state index in [-0.39, 0.29) is 11.8 Å². The summed E-state index contributed by atoms with van der Waals surface area (Å²) in [6, 6.07) is 13.7. The van der Waals surface area contributed by atoms with Crippen molar-refractivity contribution in [1.29, 1.82) is 0 Å². The van der Waals surface area contributed by atoms with E-state index in [1.54, 1.807) is 12.1 Å². The normalized spacial score (nSPS) is 12.6. The van der Waals surface area contributed by atoms with Crippen molar-refractivity contribution in [3.8, 4) is 10.6 Å². The number of urea groups is 1. The molecule has 0 bridgehead atoms. The van der Waals surface area contributed by atoms with Crippen molar-refractivity contribution in [1.82, 2.24) is 15.5 Å². The van der Waals surface area contributed by atoms with E-state index in [1.165, 1.54) is 11.3 Å². The molecular weight excluding hydrogens is 446 g/mol. The topological polar surface area (TPSA) is 96.0 Å². The Morgan fingerprint density at radius 3 is 2.56 bits per heavy atom. The highest BCUT2D eigenvalue weighted by molar-refractivity contribution is 7.18. The van der Waals surface area contributed by atoms with Gasteiger partial charge in [-0.05, 0) is 42.2 Å². The first kappa shape index (κ1) is 23.7. The molecule has 3 amide bonds. The number of amides is 3. The number of nitrogens with one attached hydrogen (secondary N) is 3. The Morgan fingerprint density at radius 1 is 1.06 bits per heavy atom. The van der Waals surface area contributed by atoms with Gasteiger partial charge in [-0.1, -0.05) is 74.4 Å². The molecule has 3 aromatic rings. The molecule has 0 fully saturated rings. The first-order valence-electron chi connectivity index (χ1n) is 10.5. The third-order valence-corrected chi connectivity index (χ3v) is 6.22. The average Bonchev–Trinajstić information content (AvgIpc) is 3.25. The van der Waals surface area contributed by atoms with Gasteiger partial charge in [0.1, 0.15) is 11.0 Å². The van der Waals surface area contributed by atoms with E-state index in [9.17, 15) is 9.59 Å². The number of benzene rings is 2. The molecule has 0 aliphatic carbocycles. The fourth-order valence-corrected chi connectivity index (χ4v) is 4.01. The number of aryl methyl sites for hydroxylation is 1. The molecular formula is C23H26ClN5O2S. The molecule has 7 nitrogen and oxygen atoms in total. The molecule has 3 N–H and O–H groups in total. The van der Waals surface area contributed by atoms with E-state index in [2.05, 4.69) is 26.1 Å². The Hall–Kier alpha value is -2.97. The summed E-state index contributed by atoms with van der Waals surface area (Å²) >= 11 is 7.29. The Morgan fingerprint density at radius 2 is 1.84 bits per heavy atom. The molecule has 0 saturated carbocycles. The summed E-state index contributed by atoms with van der Waals surface area (Å²) in [7, 11) is 0. The number of carbonyl (C=O) groups excluding carboxylic acids is 2. The number of anilines is 2. The Labute approximate surface area is 196 Å². The predicted molar refractivity (Wildman–Crippen MR) is 130 cm³/mol. The van der Waals surface area contributed by atoms with Crippen LogP contribution in [0.4, 0.5) is 15.6 Å². The van der Waals surface area contributed by atoms with Crippen LogP contribution >= 0.6 is 22.9 Å². The standard InChI is InChI=1S/C23H26ClN5O2S/c1-4-14(3)19(26-22(31)25-18-11-6-8-15(5-2)12-18)20(30)27-23-29-28-21(32-23)16-9-7-10-17(24)13-16/h6-14,19H,4-5H2,1-3H3,(H2,25,26,31)(H,27,29,30)/t14-,19-/m0/s1. The highest BCUT2D eigenvalue weighted by Crippen LogP contribution is 2.28. The van der Waals surface area contributed by atoms with Crippen LogP contribution in [0.3, 0.4) is 0 Å². The number of carbonyl (C=O) groups is 2. The molecule has 0 aliphatic rings. The van der Waals surface area contributed by atoms with Gasteiger partial charge < -0.3 is 10.6 Å². The SMILES string of the molecule is CCc1cccc(NC(=O)N[C@H](C(=O)Nc2nnc(-c3cccc(Cl)c3)s2)[C@@H](C)CC)c1. The highest BCUT2D eigenvalue weighted by Gasteiger charge is 2.27. The van der Waals surface area contributed by atoms with Crippen LogP contribution in [0, 0.1) is 5.92 Å². The van der Waals surface area contributed by atoms with E-state index >= 15 is 0 Å². The first-order chi connectivity index (χ1) is 15.4. The maximum Gasteiger partial charge on any atom is 0.319 e. The van der Waals surface area contributed by atoms with Gasteiger partial charge in [0.15, 0.2) is 0 Å². The highest BCUT2D eigenvalue weighted by atomic mass is 35.5. The van der Waals surface area contributed by atoms with Crippen molar-refractivity contribution in [2.75, 3.05) is 10.6 Å². The van der Waals surface area contributed by atoms with Crippen LogP contribution in [0.25, 0.3) is 10.6 Å². The number of rotatable bonds is 8. The van der Waals surface area contributed by atoms with Crippen LogP contribution in [-0.4, -0.2) is 28.2 Å². The Balaban J connectivity index is 1.67. The summed E-state index contributed by atoms with van der Waals surface area (Å²) in [6.07, 6.45) is 1.58. The zero-order valence-corrected chi connectivity index (χ0v) is 19.8. The number of nitrogens with zero attached hydrogens (tertiary/aromatic N) is 2. The van der Waals surface area contributed by atoms with Crippen molar-refractivity contribution in [3.63, 3.8) is 0 Å². The van der Waals surface area contributed by atoms with Crippen molar-refractivity contribution >= 4 is 45.7 Å². The van der Waals surface area contributed by atoms with Crippen LogP contribution < -0.4 is 16.0 Å². The summed E-state index contributed by atoms with van der Waals surface area (Å²) in [6.45, 7) is 5.94. The van der Waals surface area contributed by atoms with E-state index in [4.69, 9.17) is 11.6 Å². The molecule has 0 radical (unpaired) electrons. The van der Waals surface area contributed by atoms with E-state index < -0.39 is 12.1 Å². The second-order valence-corrected chi connectivity index (χ2v) is 8.84.